The molecule has 114 valence electrons. The molecular formula is C18H25NOS. The number of carbonyl (C=O) groups is 1. The molecule has 1 heterocycles. The fourth-order valence-corrected chi connectivity index (χ4v) is 3.93. The Hall–Kier alpha value is -1.09. The van der Waals surface area contributed by atoms with E-state index in [1.165, 1.54) is 16.2 Å². The van der Waals surface area contributed by atoms with Crippen LogP contribution in [-0.2, 0) is 17.6 Å². The first kappa shape index (κ1) is 16.3. The highest BCUT2D eigenvalue weighted by molar-refractivity contribution is 8.14. The Balaban J connectivity index is 2.23. The molecule has 0 saturated carbocycles. The van der Waals surface area contributed by atoms with Gasteiger partial charge in [-0.15, -0.1) is 11.8 Å². The van der Waals surface area contributed by atoms with Gasteiger partial charge >= 0.3 is 0 Å². The van der Waals surface area contributed by atoms with Gasteiger partial charge in [0.15, 0.2) is 0 Å². The summed E-state index contributed by atoms with van der Waals surface area (Å²) in [5, 5.41) is 1.18. The summed E-state index contributed by atoms with van der Waals surface area (Å²) in [4.78, 5) is 16.6. The fraction of sp³-hybridized carbons (Fsp3) is 0.556. The largest absolute Gasteiger partial charge is 0.299 e. The van der Waals surface area contributed by atoms with Gasteiger partial charge in [0.05, 0.1) is 10.8 Å². The molecule has 0 radical (unpaired) electrons. The van der Waals surface area contributed by atoms with Gasteiger partial charge in [0.2, 0.25) is 0 Å². The molecule has 1 fully saturated rings. The Kier molecular flexibility index (Phi) is 6.04. The molecule has 1 aliphatic rings. The summed E-state index contributed by atoms with van der Waals surface area (Å²) < 4.78 is 0. The number of ketones is 1. The van der Waals surface area contributed by atoms with Gasteiger partial charge in [-0.05, 0) is 44.2 Å². The molecule has 1 saturated heterocycles. The molecule has 1 aliphatic heterocycles. The maximum Gasteiger partial charge on any atom is 0.143 e. The third-order valence-electron chi connectivity index (χ3n) is 3.85. The summed E-state index contributed by atoms with van der Waals surface area (Å²) in [5.74, 6) is 1.36. The molecule has 1 atom stereocenters. The van der Waals surface area contributed by atoms with Gasteiger partial charge in [0.25, 0.3) is 0 Å². The summed E-state index contributed by atoms with van der Waals surface area (Å²) in [7, 11) is 0. The minimum Gasteiger partial charge on any atom is -0.299 e. The number of carbonyl (C=O) groups excluding carboxylic acids is 1. The summed E-state index contributed by atoms with van der Waals surface area (Å²) in [6.07, 6.45) is 3.71. The van der Waals surface area contributed by atoms with Gasteiger partial charge in [0.1, 0.15) is 5.78 Å². The van der Waals surface area contributed by atoms with Gasteiger partial charge in [-0.1, -0.05) is 31.2 Å². The molecule has 1 aromatic rings. The Morgan fingerprint density at radius 3 is 2.67 bits per heavy atom. The first-order valence-corrected chi connectivity index (χ1v) is 8.87. The van der Waals surface area contributed by atoms with Crippen LogP contribution in [0.25, 0.3) is 0 Å². The minimum atomic E-state index is 0.296. The Morgan fingerprint density at radius 2 is 2.00 bits per heavy atom. The van der Waals surface area contributed by atoms with Crippen molar-refractivity contribution in [1.29, 1.82) is 0 Å². The van der Waals surface area contributed by atoms with Crippen molar-refractivity contribution in [2.75, 3.05) is 5.75 Å². The second kappa shape index (κ2) is 7.79. The number of hydrogen-bond donors (Lipinski definition) is 0. The van der Waals surface area contributed by atoms with Crippen molar-refractivity contribution in [2.45, 2.75) is 52.5 Å². The highest BCUT2D eigenvalue weighted by Gasteiger charge is 2.24. The standard InChI is InChI=1S/C18H25NOS/c1-4-14-7-5-6-8-15(14)11-16-9-10-17(20)12-21-18(16)19-13(2)3/h5-8,13,16H,4,9-12H2,1-3H3/b19-18-. The Bertz CT molecular complexity index is 522. The zero-order chi connectivity index (χ0) is 15.2. The Labute approximate surface area is 132 Å². The van der Waals surface area contributed by atoms with Gasteiger partial charge in [0, 0.05) is 18.4 Å². The van der Waals surface area contributed by atoms with Crippen molar-refractivity contribution >= 4 is 22.6 Å². The van der Waals surface area contributed by atoms with Crippen LogP contribution in [0.15, 0.2) is 29.3 Å². The molecule has 0 aromatic heterocycles. The molecule has 0 bridgehead atoms. The number of benzene rings is 1. The van der Waals surface area contributed by atoms with E-state index in [-0.39, 0.29) is 0 Å². The monoisotopic (exact) mass is 303 g/mol. The molecule has 21 heavy (non-hydrogen) atoms. The quantitative estimate of drug-likeness (QED) is 0.829. The van der Waals surface area contributed by atoms with Gasteiger partial charge in [-0.3, -0.25) is 9.79 Å². The van der Waals surface area contributed by atoms with Crippen LogP contribution in [0.3, 0.4) is 0 Å². The van der Waals surface area contributed by atoms with E-state index in [0.29, 0.717) is 29.9 Å². The second-order valence-corrected chi connectivity index (χ2v) is 6.95. The molecule has 2 nitrogen and oxygen atoms in total. The number of thioether (sulfide) groups is 1. The number of rotatable bonds is 4. The number of nitrogens with zero attached hydrogens (tertiary/aromatic N) is 1. The lowest BCUT2D eigenvalue weighted by molar-refractivity contribution is -0.116. The van der Waals surface area contributed by atoms with Gasteiger partial charge < -0.3 is 0 Å². The van der Waals surface area contributed by atoms with E-state index in [0.717, 1.165) is 19.3 Å². The normalized spacial score (nSPS) is 21.8. The van der Waals surface area contributed by atoms with Crippen molar-refractivity contribution in [2.24, 2.45) is 10.9 Å². The Morgan fingerprint density at radius 1 is 1.29 bits per heavy atom. The maximum atomic E-state index is 11.8. The first-order valence-electron chi connectivity index (χ1n) is 7.89. The number of aryl methyl sites for hydroxylation is 1. The highest BCUT2D eigenvalue weighted by Crippen LogP contribution is 2.28. The zero-order valence-electron chi connectivity index (χ0n) is 13.3. The van der Waals surface area contributed by atoms with Crippen molar-refractivity contribution in [3.05, 3.63) is 35.4 Å². The molecule has 3 heteroatoms. The average Bonchev–Trinajstić information content (AvgIpc) is 2.63. The van der Waals surface area contributed by atoms with E-state index in [4.69, 9.17) is 4.99 Å². The van der Waals surface area contributed by atoms with Crippen molar-refractivity contribution in [3.63, 3.8) is 0 Å². The first-order chi connectivity index (χ1) is 10.1. The molecular weight excluding hydrogens is 278 g/mol. The third-order valence-corrected chi connectivity index (χ3v) is 5.05. The van der Waals surface area contributed by atoms with Gasteiger partial charge in [-0.2, -0.15) is 0 Å². The van der Waals surface area contributed by atoms with E-state index in [9.17, 15) is 4.79 Å². The maximum absolute atomic E-state index is 11.8. The lowest BCUT2D eigenvalue weighted by Crippen LogP contribution is -2.16. The van der Waals surface area contributed by atoms with Crippen molar-refractivity contribution in [1.82, 2.24) is 0 Å². The molecule has 0 aliphatic carbocycles. The molecule has 0 N–H and O–H groups in total. The molecule has 0 spiro atoms. The number of aliphatic imine (C=N–C) groups is 1. The number of Topliss-reactive ketones (excluding diaryl/α,β-unsaturated/α-hetero) is 1. The fourth-order valence-electron chi connectivity index (χ4n) is 2.76. The van der Waals surface area contributed by atoms with E-state index < -0.39 is 0 Å². The topological polar surface area (TPSA) is 29.4 Å². The summed E-state index contributed by atoms with van der Waals surface area (Å²) in [5.41, 5.74) is 2.83. The molecule has 2 rings (SSSR count). The van der Waals surface area contributed by atoms with Gasteiger partial charge in [-0.25, -0.2) is 0 Å². The van der Waals surface area contributed by atoms with Crippen LogP contribution >= 0.6 is 11.8 Å². The van der Waals surface area contributed by atoms with E-state index in [1.54, 1.807) is 11.8 Å². The lowest BCUT2D eigenvalue weighted by atomic mass is 9.91. The van der Waals surface area contributed by atoms with Crippen LogP contribution in [0.1, 0.15) is 44.7 Å². The highest BCUT2D eigenvalue weighted by atomic mass is 32.2. The summed E-state index contributed by atoms with van der Waals surface area (Å²) >= 11 is 1.66. The molecule has 1 aromatic carbocycles. The van der Waals surface area contributed by atoms with Crippen LogP contribution in [0, 0.1) is 5.92 Å². The van der Waals surface area contributed by atoms with Crippen LogP contribution < -0.4 is 0 Å². The number of hydrogen-bond acceptors (Lipinski definition) is 3. The minimum absolute atomic E-state index is 0.296. The average molecular weight is 303 g/mol. The van der Waals surface area contributed by atoms with Crippen LogP contribution in [0.2, 0.25) is 0 Å². The van der Waals surface area contributed by atoms with Crippen LogP contribution in [0.5, 0.6) is 0 Å². The second-order valence-electron chi connectivity index (χ2n) is 5.95. The summed E-state index contributed by atoms with van der Waals surface area (Å²) in [6, 6.07) is 8.96. The molecule has 1 unspecified atom stereocenters. The summed E-state index contributed by atoms with van der Waals surface area (Å²) in [6.45, 7) is 6.42. The van der Waals surface area contributed by atoms with E-state index in [1.807, 2.05) is 0 Å². The SMILES string of the molecule is CCc1ccccc1CC1CCC(=O)CS/C1=N\C(C)C. The van der Waals surface area contributed by atoms with Crippen LogP contribution in [0.4, 0.5) is 0 Å². The predicted octanol–water partition coefficient (Wildman–Crippen LogP) is 4.31. The van der Waals surface area contributed by atoms with E-state index >= 15 is 0 Å². The van der Waals surface area contributed by atoms with Crippen molar-refractivity contribution in [3.8, 4) is 0 Å². The smallest absolute Gasteiger partial charge is 0.143 e. The zero-order valence-corrected chi connectivity index (χ0v) is 14.1. The third kappa shape index (κ3) is 4.70. The van der Waals surface area contributed by atoms with E-state index in [2.05, 4.69) is 45.0 Å². The lowest BCUT2D eigenvalue weighted by Gasteiger charge is -2.18. The van der Waals surface area contributed by atoms with Crippen LogP contribution in [-0.4, -0.2) is 22.6 Å². The van der Waals surface area contributed by atoms with Crippen molar-refractivity contribution < 1.29 is 4.79 Å². The molecule has 0 amide bonds. The predicted molar refractivity (Wildman–Crippen MR) is 92.3 cm³/mol.